The van der Waals surface area contributed by atoms with Gasteiger partial charge >= 0.3 is 0 Å². The molecule has 1 aromatic rings. The number of aliphatic hydroxyl groups is 1. The first-order valence-electron chi connectivity index (χ1n) is 7.08. The van der Waals surface area contributed by atoms with Crippen molar-refractivity contribution in [1.82, 2.24) is 5.32 Å². The summed E-state index contributed by atoms with van der Waals surface area (Å²) in [7, 11) is 0. The Morgan fingerprint density at radius 3 is 2.95 bits per heavy atom. The van der Waals surface area contributed by atoms with E-state index in [1.54, 1.807) is 0 Å². The van der Waals surface area contributed by atoms with E-state index in [0.29, 0.717) is 12.6 Å². The fourth-order valence-electron chi connectivity index (χ4n) is 2.57. The lowest BCUT2D eigenvalue weighted by molar-refractivity contribution is 0.240. The predicted octanol–water partition coefficient (Wildman–Crippen LogP) is 1.63. The first-order valence-corrected chi connectivity index (χ1v) is 7.08. The number of nitrogens with zero attached hydrogens (tertiary/aromatic N) is 1. The maximum atomic E-state index is 9.45. The Labute approximate surface area is 115 Å². The number of anilines is 1. The van der Waals surface area contributed by atoms with Crippen LogP contribution in [0.1, 0.15) is 20.3 Å². The monoisotopic (exact) mass is 264 g/mol. The zero-order valence-corrected chi connectivity index (χ0v) is 11.8. The van der Waals surface area contributed by atoms with E-state index in [4.69, 9.17) is 4.74 Å². The highest BCUT2D eigenvalue weighted by molar-refractivity contribution is 5.58. The van der Waals surface area contributed by atoms with Crippen LogP contribution in [0.3, 0.4) is 0 Å². The molecular weight excluding hydrogens is 240 g/mol. The van der Waals surface area contributed by atoms with Crippen molar-refractivity contribution in [3.8, 4) is 5.75 Å². The predicted molar refractivity (Wildman–Crippen MR) is 77.9 cm³/mol. The minimum atomic E-state index is 0.118. The van der Waals surface area contributed by atoms with Crippen molar-refractivity contribution < 1.29 is 9.84 Å². The molecule has 0 saturated carbocycles. The third-order valence-electron chi connectivity index (χ3n) is 3.52. The number of benzene rings is 1. The van der Waals surface area contributed by atoms with E-state index in [1.165, 1.54) is 0 Å². The van der Waals surface area contributed by atoms with Crippen LogP contribution in [0, 0.1) is 0 Å². The van der Waals surface area contributed by atoms with Crippen LogP contribution in [0.2, 0.25) is 0 Å². The second-order valence-electron chi connectivity index (χ2n) is 5.08. The number of aliphatic hydroxyl groups excluding tert-OH is 1. The lowest BCUT2D eigenvalue weighted by Gasteiger charge is -2.27. The number of rotatable bonds is 4. The largest absolute Gasteiger partial charge is 0.492 e. The van der Waals surface area contributed by atoms with Gasteiger partial charge in [0.1, 0.15) is 5.75 Å². The van der Waals surface area contributed by atoms with E-state index in [-0.39, 0.29) is 12.6 Å². The first kappa shape index (κ1) is 14.2. The summed E-state index contributed by atoms with van der Waals surface area (Å²) in [6.07, 6.45) is 1.07. The van der Waals surface area contributed by atoms with Gasteiger partial charge in [0.2, 0.25) is 0 Å². The van der Waals surface area contributed by atoms with Crippen molar-refractivity contribution in [2.45, 2.75) is 32.4 Å². The SMILES string of the molecule is CCOc1ccccc1N1CCC(C)NC(CO)C1. The van der Waals surface area contributed by atoms with Crippen molar-refractivity contribution in [3.05, 3.63) is 24.3 Å². The van der Waals surface area contributed by atoms with Crippen LogP contribution >= 0.6 is 0 Å². The number of para-hydroxylation sites is 2. The molecule has 2 N–H and O–H groups in total. The van der Waals surface area contributed by atoms with Gasteiger partial charge in [-0.1, -0.05) is 12.1 Å². The van der Waals surface area contributed by atoms with Gasteiger partial charge in [0.05, 0.1) is 18.9 Å². The average molecular weight is 264 g/mol. The van der Waals surface area contributed by atoms with Crippen LogP contribution in [0.25, 0.3) is 0 Å². The zero-order valence-electron chi connectivity index (χ0n) is 11.8. The maximum Gasteiger partial charge on any atom is 0.142 e. The zero-order chi connectivity index (χ0) is 13.7. The third kappa shape index (κ3) is 3.61. The van der Waals surface area contributed by atoms with Crippen molar-refractivity contribution in [3.63, 3.8) is 0 Å². The fraction of sp³-hybridized carbons (Fsp3) is 0.600. The van der Waals surface area contributed by atoms with Crippen LogP contribution in [-0.2, 0) is 0 Å². The summed E-state index contributed by atoms with van der Waals surface area (Å²) in [6.45, 7) is 6.79. The Hall–Kier alpha value is -1.26. The van der Waals surface area contributed by atoms with Gasteiger partial charge in [-0.15, -0.1) is 0 Å². The van der Waals surface area contributed by atoms with E-state index >= 15 is 0 Å². The molecule has 1 aliphatic rings. The van der Waals surface area contributed by atoms with Gasteiger partial charge in [0, 0.05) is 25.2 Å². The van der Waals surface area contributed by atoms with Crippen molar-refractivity contribution in [2.24, 2.45) is 0 Å². The smallest absolute Gasteiger partial charge is 0.142 e. The Morgan fingerprint density at radius 1 is 1.42 bits per heavy atom. The van der Waals surface area contributed by atoms with E-state index in [0.717, 1.165) is 30.9 Å². The topological polar surface area (TPSA) is 44.7 Å². The number of ether oxygens (including phenoxy) is 1. The molecule has 2 atom stereocenters. The van der Waals surface area contributed by atoms with Gasteiger partial charge in [-0.25, -0.2) is 0 Å². The summed E-state index contributed by atoms with van der Waals surface area (Å²) in [6, 6.07) is 8.68. The normalized spacial score (nSPS) is 24.1. The second kappa shape index (κ2) is 6.78. The molecule has 106 valence electrons. The quantitative estimate of drug-likeness (QED) is 0.867. The lowest BCUT2D eigenvalue weighted by atomic mass is 10.2. The van der Waals surface area contributed by atoms with Crippen molar-refractivity contribution in [1.29, 1.82) is 0 Å². The molecule has 19 heavy (non-hydrogen) atoms. The molecule has 0 aromatic heterocycles. The molecule has 0 radical (unpaired) electrons. The summed E-state index contributed by atoms with van der Waals surface area (Å²) in [5.74, 6) is 0.927. The first-order chi connectivity index (χ1) is 9.24. The number of nitrogens with one attached hydrogen (secondary N) is 1. The van der Waals surface area contributed by atoms with Crippen molar-refractivity contribution >= 4 is 5.69 Å². The molecule has 1 fully saturated rings. The molecular formula is C15H24N2O2. The highest BCUT2D eigenvalue weighted by Crippen LogP contribution is 2.29. The molecule has 4 heteroatoms. The van der Waals surface area contributed by atoms with E-state index in [2.05, 4.69) is 23.2 Å². The van der Waals surface area contributed by atoms with Crippen LogP contribution < -0.4 is 15.0 Å². The summed E-state index contributed by atoms with van der Waals surface area (Å²) >= 11 is 0. The average Bonchev–Trinajstić information content (AvgIpc) is 2.61. The van der Waals surface area contributed by atoms with Crippen LogP contribution in [0.4, 0.5) is 5.69 Å². The molecule has 0 aliphatic carbocycles. The van der Waals surface area contributed by atoms with Gasteiger partial charge in [0.25, 0.3) is 0 Å². The van der Waals surface area contributed by atoms with E-state index in [9.17, 15) is 5.11 Å². The van der Waals surface area contributed by atoms with E-state index < -0.39 is 0 Å². The summed E-state index contributed by atoms with van der Waals surface area (Å²) < 4.78 is 5.70. The molecule has 2 unspecified atom stereocenters. The van der Waals surface area contributed by atoms with Gasteiger partial charge in [-0.2, -0.15) is 0 Å². The second-order valence-corrected chi connectivity index (χ2v) is 5.08. The van der Waals surface area contributed by atoms with Gasteiger partial charge < -0.3 is 20.1 Å². The molecule has 1 saturated heterocycles. The van der Waals surface area contributed by atoms with Crippen molar-refractivity contribution in [2.75, 3.05) is 31.2 Å². The Morgan fingerprint density at radius 2 is 2.21 bits per heavy atom. The van der Waals surface area contributed by atoms with E-state index in [1.807, 2.05) is 25.1 Å². The minimum absolute atomic E-state index is 0.118. The highest BCUT2D eigenvalue weighted by atomic mass is 16.5. The maximum absolute atomic E-state index is 9.45. The van der Waals surface area contributed by atoms with Gasteiger partial charge in [0.15, 0.2) is 0 Å². The van der Waals surface area contributed by atoms with Gasteiger partial charge in [-0.05, 0) is 32.4 Å². The standard InChI is InChI=1S/C15H24N2O2/c1-3-19-15-7-5-4-6-14(15)17-9-8-12(2)16-13(10-17)11-18/h4-7,12-13,16,18H,3,8-11H2,1-2H3. The third-order valence-corrected chi connectivity index (χ3v) is 3.52. The molecule has 1 aliphatic heterocycles. The Kier molecular flexibility index (Phi) is 5.05. The Bertz CT molecular complexity index is 397. The summed E-state index contributed by atoms with van der Waals surface area (Å²) in [4.78, 5) is 2.31. The highest BCUT2D eigenvalue weighted by Gasteiger charge is 2.22. The molecule has 0 amide bonds. The van der Waals surface area contributed by atoms with Crippen LogP contribution in [-0.4, -0.2) is 43.5 Å². The molecule has 0 spiro atoms. The molecule has 1 aromatic carbocycles. The molecule has 1 heterocycles. The molecule has 2 rings (SSSR count). The minimum Gasteiger partial charge on any atom is -0.492 e. The van der Waals surface area contributed by atoms with Crippen LogP contribution in [0.15, 0.2) is 24.3 Å². The number of hydrogen-bond donors (Lipinski definition) is 2. The fourth-order valence-corrected chi connectivity index (χ4v) is 2.57. The summed E-state index contributed by atoms with van der Waals surface area (Å²) in [5.41, 5.74) is 1.12. The van der Waals surface area contributed by atoms with Crippen LogP contribution in [0.5, 0.6) is 5.75 Å². The lowest BCUT2D eigenvalue weighted by Crippen LogP contribution is -2.42. The molecule has 4 nitrogen and oxygen atoms in total. The summed E-state index contributed by atoms with van der Waals surface area (Å²) in [5, 5.41) is 12.9. The number of hydrogen-bond acceptors (Lipinski definition) is 4. The molecule has 0 bridgehead atoms. The van der Waals surface area contributed by atoms with Gasteiger partial charge in [-0.3, -0.25) is 0 Å². The Balaban J connectivity index is 2.19.